The van der Waals surface area contributed by atoms with E-state index in [1.807, 2.05) is 0 Å². The third-order valence-electron chi connectivity index (χ3n) is 10.5. The molecule has 0 saturated carbocycles. The maximum absolute atomic E-state index is 7.54. The van der Waals surface area contributed by atoms with Crippen molar-refractivity contribution in [2.75, 3.05) is 0 Å². The Hall–Kier alpha value is -3.95. The monoisotopic (exact) mass is 726 g/mol. The van der Waals surface area contributed by atoms with Crippen LogP contribution in [0.25, 0.3) is 33.1 Å². The van der Waals surface area contributed by atoms with Gasteiger partial charge in [0.25, 0.3) is 0 Å². The minimum atomic E-state index is -1.45. The van der Waals surface area contributed by atoms with Gasteiger partial charge in [-0.1, -0.05) is 97.0 Å². The highest BCUT2D eigenvalue weighted by molar-refractivity contribution is 6.55. The molecule has 0 amide bonds. The molecule has 1 aliphatic heterocycles. The van der Waals surface area contributed by atoms with Crippen molar-refractivity contribution in [3.63, 3.8) is 0 Å². The fourth-order valence-corrected chi connectivity index (χ4v) is 14.9. The average molecular weight is 727 g/mol. The number of aromatic nitrogens is 4. The summed E-state index contributed by atoms with van der Waals surface area (Å²) in [4.78, 5) is 0. The van der Waals surface area contributed by atoms with Gasteiger partial charge in [-0.15, -0.1) is 0 Å². The number of para-hydroxylation sites is 2. The number of benzene rings is 4. The number of rotatable bonds is 4. The third kappa shape index (κ3) is 5.70. The second-order valence-electron chi connectivity index (χ2n) is 19.1. The van der Waals surface area contributed by atoms with Crippen molar-refractivity contribution in [1.82, 2.24) is 8.44 Å². The Morgan fingerprint density at radius 2 is 0.827 bits per heavy atom. The van der Waals surface area contributed by atoms with Crippen molar-refractivity contribution in [3.05, 3.63) is 108 Å². The SMILES string of the molecule is CC1(C)c2cccc(-[si-]3n(C(C)(C)C)c(-c4ccccc4)[n+]3C(C)(C)C)c2Oc2c(-[si-]3n(C(C)(C)C)c(-c4ccccc4)[n+]3C(C)(C)C)cccc21. The second kappa shape index (κ2) is 12.0. The zero-order valence-electron chi connectivity index (χ0n) is 33.9. The van der Waals surface area contributed by atoms with Crippen LogP contribution in [0.15, 0.2) is 97.1 Å². The molecular formula is C45H58N4OSi2. The van der Waals surface area contributed by atoms with Crippen LogP contribution in [0.2, 0.25) is 0 Å². The molecule has 0 aliphatic carbocycles. The van der Waals surface area contributed by atoms with E-state index >= 15 is 0 Å². The van der Waals surface area contributed by atoms with Gasteiger partial charge in [-0.25, -0.2) is 0 Å². The summed E-state index contributed by atoms with van der Waals surface area (Å²) in [5, 5.41) is 2.64. The molecule has 272 valence electrons. The van der Waals surface area contributed by atoms with Crippen LogP contribution >= 0.6 is 0 Å². The molecule has 52 heavy (non-hydrogen) atoms. The summed E-state index contributed by atoms with van der Waals surface area (Å²) in [6.45, 7) is 33.1. The van der Waals surface area contributed by atoms with Crippen LogP contribution in [0.4, 0.5) is 0 Å². The molecule has 0 atom stereocenters. The van der Waals surface area contributed by atoms with Crippen molar-refractivity contribution in [1.29, 1.82) is 0 Å². The predicted octanol–water partition coefficient (Wildman–Crippen LogP) is 10.1. The molecule has 7 heteroatoms. The Morgan fingerprint density at radius 3 is 1.13 bits per heavy atom. The maximum atomic E-state index is 7.54. The first-order valence-electron chi connectivity index (χ1n) is 18.9. The van der Waals surface area contributed by atoms with E-state index in [0.717, 1.165) is 11.5 Å². The molecule has 0 unspecified atom stereocenters. The zero-order chi connectivity index (χ0) is 37.8. The number of hydrogen-bond acceptors (Lipinski definition) is 1. The van der Waals surface area contributed by atoms with Gasteiger partial charge < -0.3 is 21.6 Å². The first kappa shape index (κ1) is 36.4. The van der Waals surface area contributed by atoms with Crippen LogP contribution < -0.4 is 13.2 Å². The summed E-state index contributed by atoms with van der Waals surface area (Å²) in [5.74, 6) is 4.73. The van der Waals surface area contributed by atoms with Gasteiger partial charge in [0.1, 0.15) is 29.0 Å². The highest BCUT2D eigenvalue weighted by atomic mass is 28.2. The highest BCUT2D eigenvalue weighted by Gasteiger charge is 2.40. The summed E-state index contributed by atoms with van der Waals surface area (Å²) in [7, 11) is -2.90. The third-order valence-corrected chi connectivity index (χ3v) is 17.5. The Morgan fingerprint density at radius 1 is 0.481 bits per heavy atom. The van der Waals surface area contributed by atoms with Crippen molar-refractivity contribution >= 4 is 17.5 Å². The van der Waals surface area contributed by atoms with Gasteiger partial charge >= 0.3 is 0 Å². The molecular weight excluding hydrogens is 669 g/mol. The van der Waals surface area contributed by atoms with Gasteiger partial charge in [-0.2, -0.15) is 0 Å². The molecule has 7 rings (SSSR count). The smallest absolute Gasteiger partial charge is 0.152 e. The van der Waals surface area contributed by atoms with Gasteiger partial charge in [0, 0.05) is 49.8 Å². The van der Waals surface area contributed by atoms with E-state index in [1.165, 1.54) is 44.3 Å². The van der Waals surface area contributed by atoms with Crippen LogP contribution in [-0.2, 0) is 27.6 Å². The van der Waals surface area contributed by atoms with Crippen LogP contribution in [0.1, 0.15) is 108 Å². The topological polar surface area (TPSA) is 26.8 Å². The van der Waals surface area contributed by atoms with Gasteiger partial charge in [-0.3, -0.25) is 0 Å². The minimum absolute atomic E-state index is 0.0850. The largest absolute Gasteiger partial charge is 0.462 e. The fraction of sp³-hybridized carbons (Fsp3) is 0.422. The van der Waals surface area contributed by atoms with E-state index in [4.69, 9.17) is 4.74 Å². The van der Waals surface area contributed by atoms with Gasteiger partial charge in [0.15, 0.2) is 11.6 Å². The van der Waals surface area contributed by atoms with Gasteiger partial charge in [0.05, 0.1) is 0 Å². The van der Waals surface area contributed by atoms with Crippen molar-refractivity contribution in [2.24, 2.45) is 0 Å². The molecule has 0 spiro atoms. The van der Waals surface area contributed by atoms with E-state index < -0.39 is 17.5 Å². The van der Waals surface area contributed by atoms with E-state index in [9.17, 15) is 0 Å². The molecule has 0 radical (unpaired) electrons. The number of nitrogens with zero attached hydrogens (tertiary/aromatic N) is 4. The number of ether oxygens (including phenoxy) is 1. The minimum Gasteiger partial charge on any atom is -0.462 e. The Bertz CT molecular complexity index is 2050. The number of fused-ring (bicyclic) bond motifs is 2. The van der Waals surface area contributed by atoms with Gasteiger partial charge in [-0.05, 0) is 107 Å². The van der Waals surface area contributed by atoms with Crippen LogP contribution in [-0.4, -0.2) is 25.9 Å². The Labute approximate surface area is 315 Å². The summed E-state index contributed by atoms with van der Waals surface area (Å²) < 4.78 is 18.4. The molecule has 0 saturated heterocycles. The molecule has 6 aromatic rings. The lowest BCUT2D eigenvalue weighted by Crippen LogP contribution is -2.70. The first-order chi connectivity index (χ1) is 24.1. The lowest BCUT2D eigenvalue weighted by molar-refractivity contribution is -0.713. The van der Waals surface area contributed by atoms with Crippen LogP contribution in [0.5, 0.6) is 11.5 Å². The van der Waals surface area contributed by atoms with E-state index in [1.54, 1.807) is 0 Å². The lowest BCUT2D eigenvalue weighted by atomic mass is 9.76. The molecule has 0 N–H and O–H groups in total. The average Bonchev–Trinajstić information content (AvgIpc) is 2.99. The van der Waals surface area contributed by atoms with Crippen molar-refractivity contribution in [3.8, 4) is 44.6 Å². The standard InChI is InChI=1S/C45H58N4OSi2/c1-41(2,3)46-39(31-23-17-15-18-24-31)47(42(4,5)6)51(46)35-29-21-27-33-37(35)50-38-34(45(33,13)14)28-22-30-36(38)52-48(43(7,8)9)40(49(52)44(10,11)12)32-25-19-16-20-26-32/h15-30H,1-14H3. The van der Waals surface area contributed by atoms with Gasteiger partial charge in [0.2, 0.25) is 0 Å². The summed E-state index contributed by atoms with van der Waals surface area (Å²) in [6, 6.07) is 35.8. The van der Waals surface area contributed by atoms with Crippen LogP contribution in [0, 0.1) is 0 Å². The molecule has 0 fully saturated rings. The Kier molecular flexibility index (Phi) is 8.43. The molecule has 1 aliphatic rings. The Balaban J connectivity index is 1.51. The molecule has 0 bridgehead atoms. The predicted molar refractivity (Wildman–Crippen MR) is 218 cm³/mol. The molecule has 3 heterocycles. The zero-order valence-corrected chi connectivity index (χ0v) is 35.9. The van der Waals surface area contributed by atoms with Crippen molar-refractivity contribution < 1.29 is 13.2 Å². The van der Waals surface area contributed by atoms with E-state index in [0.29, 0.717) is 0 Å². The normalized spacial score (nSPS) is 14.7. The van der Waals surface area contributed by atoms with E-state index in [-0.39, 0.29) is 27.6 Å². The number of hydrogen-bond donors (Lipinski definition) is 0. The molecule has 5 nitrogen and oxygen atoms in total. The summed E-state index contributed by atoms with van der Waals surface area (Å²) >= 11 is 0. The molecule has 4 aromatic carbocycles. The van der Waals surface area contributed by atoms with Crippen molar-refractivity contribution in [2.45, 2.75) is 125 Å². The quantitative estimate of drug-likeness (QED) is 0.166. The summed E-state index contributed by atoms with van der Waals surface area (Å²) in [5.41, 5.74) is 4.49. The fourth-order valence-electron chi connectivity index (χ4n) is 8.30. The lowest BCUT2D eigenvalue weighted by Gasteiger charge is -2.50. The van der Waals surface area contributed by atoms with Crippen LogP contribution in [0.3, 0.4) is 0 Å². The highest BCUT2D eigenvalue weighted by Crippen LogP contribution is 2.52. The first-order valence-corrected chi connectivity index (χ1v) is 21.7. The van der Waals surface area contributed by atoms with E-state index in [2.05, 4.69) is 211 Å². The molecule has 2 aromatic heterocycles. The maximum Gasteiger partial charge on any atom is 0.152 e. The second-order valence-corrected chi connectivity index (χ2v) is 23.3. The summed E-state index contributed by atoms with van der Waals surface area (Å²) in [6.07, 6.45) is 0.